The maximum absolute atomic E-state index is 13.8. The normalized spacial score (nSPS) is 17.5. The molecule has 4 rings (SSSR count). The first kappa shape index (κ1) is 27.8. The molecule has 0 bridgehead atoms. The fourth-order valence-corrected chi connectivity index (χ4v) is 5.32. The fraction of sp³-hybridized carbons (Fsp3) is 0.621. The van der Waals surface area contributed by atoms with E-state index in [-0.39, 0.29) is 23.5 Å². The molecule has 0 atom stereocenters. The van der Waals surface area contributed by atoms with E-state index in [0.29, 0.717) is 31.7 Å². The Morgan fingerprint density at radius 2 is 1.53 bits per heavy atom. The molecule has 9 nitrogen and oxygen atoms in total. The van der Waals surface area contributed by atoms with Crippen LogP contribution in [-0.4, -0.2) is 83.6 Å². The molecule has 2 aromatic rings. The maximum atomic E-state index is 13.8. The molecule has 2 fully saturated rings. The van der Waals surface area contributed by atoms with E-state index in [2.05, 4.69) is 31.7 Å². The van der Waals surface area contributed by atoms with E-state index in [1.165, 1.54) is 0 Å². The fourth-order valence-electron chi connectivity index (χ4n) is 5.32. The van der Waals surface area contributed by atoms with Crippen molar-refractivity contribution in [2.24, 2.45) is 0 Å². The molecule has 208 valence electrons. The lowest BCUT2D eigenvalue weighted by atomic mass is 9.90. The summed E-state index contributed by atoms with van der Waals surface area (Å²) in [6.45, 7) is 15.9. The molecule has 3 heterocycles. The number of ether oxygens (including phenoxy) is 2. The van der Waals surface area contributed by atoms with Gasteiger partial charge in [0.05, 0.1) is 35.8 Å². The average molecular weight is 526 g/mol. The third-order valence-electron chi connectivity index (χ3n) is 7.20. The number of benzene rings is 1. The SMILES string of the molecule is COc1ccccc1N1CCN(C(=O)c2cnn(C(C)(C)C)c2C2CCN(C(=O)OC(C)(C)C)CC2)CC1. The zero-order valence-corrected chi connectivity index (χ0v) is 24.0. The van der Waals surface area contributed by atoms with E-state index in [0.717, 1.165) is 43.1 Å². The largest absolute Gasteiger partial charge is 0.495 e. The first-order chi connectivity index (χ1) is 17.9. The smallest absolute Gasteiger partial charge is 0.410 e. The van der Waals surface area contributed by atoms with Crippen molar-refractivity contribution in [2.75, 3.05) is 51.3 Å². The van der Waals surface area contributed by atoms with Gasteiger partial charge >= 0.3 is 6.09 Å². The van der Waals surface area contributed by atoms with Crippen LogP contribution in [0.2, 0.25) is 0 Å². The van der Waals surface area contributed by atoms with Crippen molar-refractivity contribution < 1.29 is 19.1 Å². The van der Waals surface area contributed by atoms with E-state index in [4.69, 9.17) is 14.6 Å². The topological polar surface area (TPSA) is 80.1 Å². The van der Waals surface area contributed by atoms with Crippen molar-refractivity contribution in [3.05, 3.63) is 41.7 Å². The Morgan fingerprint density at radius 3 is 2.11 bits per heavy atom. The first-order valence-electron chi connectivity index (χ1n) is 13.6. The summed E-state index contributed by atoms with van der Waals surface area (Å²) in [4.78, 5) is 32.4. The molecule has 0 N–H and O–H groups in total. The molecule has 0 radical (unpaired) electrons. The highest BCUT2D eigenvalue weighted by atomic mass is 16.6. The third kappa shape index (κ3) is 6.08. The molecular weight excluding hydrogens is 482 g/mol. The molecule has 0 saturated carbocycles. The summed E-state index contributed by atoms with van der Waals surface area (Å²) in [5, 5.41) is 4.70. The Hall–Kier alpha value is -3.23. The monoisotopic (exact) mass is 525 g/mol. The van der Waals surface area contributed by atoms with Gasteiger partial charge in [-0.2, -0.15) is 5.10 Å². The van der Waals surface area contributed by atoms with Gasteiger partial charge in [-0.3, -0.25) is 9.48 Å². The minimum Gasteiger partial charge on any atom is -0.495 e. The van der Waals surface area contributed by atoms with Crippen LogP contribution in [0.15, 0.2) is 30.5 Å². The summed E-state index contributed by atoms with van der Waals surface area (Å²) in [6, 6.07) is 8.00. The van der Waals surface area contributed by atoms with Crippen molar-refractivity contribution in [1.29, 1.82) is 0 Å². The number of hydrogen-bond donors (Lipinski definition) is 0. The number of piperazine rings is 1. The van der Waals surface area contributed by atoms with Gasteiger partial charge in [-0.15, -0.1) is 0 Å². The number of anilines is 1. The second kappa shape index (κ2) is 10.9. The van der Waals surface area contributed by atoms with Crippen molar-refractivity contribution in [1.82, 2.24) is 19.6 Å². The van der Waals surface area contributed by atoms with Gasteiger partial charge in [-0.1, -0.05) is 12.1 Å². The Kier molecular flexibility index (Phi) is 7.95. The number of methoxy groups -OCH3 is 1. The number of carbonyl (C=O) groups is 2. The van der Waals surface area contributed by atoms with Gasteiger partial charge in [0.15, 0.2) is 0 Å². The highest BCUT2D eigenvalue weighted by Gasteiger charge is 2.35. The molecule has 2 saturated heterocycles. The van der Waals surface area contributed by atoms with Gasteiger partial charge in [0.2, 0.25) is 0 Å². The lowest BCUT2D eigenvalue weighted by molar-refractivity contribution is 0.0201. The van der Waals surface area contributed by atoms with E-state index in [9.17, 15) is 9.59 Å². The predicted octanol–water partition coefficient (Wildman–Crippen LogP) is 4.72. The molecular formula is C29H43N5O4. The van der Waals surface area contributed by atoms with Crippen LogP contribution in [0, 0.1) is 0 Å². The molecule has 1 aromatic carbocycles. The molecule has 9 heteroatoms. The van der Waals surface area contributed by atoms with Crippen LogP contribution in [-0.2, 0) is 10.3 Å². The Morgan fingerprint density at radius 1 is 0.895 bits per heavy atom. The third-order valence-corrected chi connectivity index (χ3v) is 7.20. The van der Waals surface area contributed by atoms with Crippen LogP contribution in [0.5, 0.6) is 5.75 Å². The number of nitrogens with zero attached hydrogens (tertiary/aromatic N) is 5. The summed E-state index contributed by atoms with van der Waals surface area (Å²) < 4.78 is 13.1. The number of para-hydroxylation sites is 2. The Bertz CT molecular complexity index is 1130. The quantitative estimate of drug-likeness (QED) is 0.575. The van der Waals surface area contributed by atoms with Crippen molar-refractivity contribution in [2.45, 2.75) is 71.4 Å². The van der Waals surface area contributed by atoms with Gasteiger partial charge in [-0.25, -0.2) is 4.79 Å². The van der Waals surface area contributed by atoms with Crippen molar-refractivity contribution >= 4 is 17.7 Å². The predicted molar refractivity (Wildman–Crippen MR) is 148 cm³/mol. The number of hydrogen-bond acceptors (Lipinski definition) is 6. The standard InChI is InChI=1S/C29H43N5O4/c1-28(2,3)34-25(21-12-14-33(15-13-21)27(36)38-29(4,5)6)22(20-30-34)26(35)32-18-16-31(17-19-32)23-10-8-9-11-24(23)37-7/h8-11,20-21H,12-19H2,1-7H3. The second-order valence-corrected chi connectivity index (χ2v) is 12.2. The number of amides is 2. The van der Waals surface area contributed by atoms with Crippen molar-refractivity contribution in [3.63, 3.8) is 0 Å². The summed E-state index contributed by atoms with van der Waals surface area (Å²) in [7, 11) is 1.69. The molecule has 2 amide bonds. The second-order valence-electron chi connectivity index (χ2n) is 12.2. The van der Waals surface area contributed by atoms with Crippen LogP contribution in [0.4, 0.5) is 10.5 Å². The summed E-state index contributed by atoms with van der Waals surface area (Å²) >= 11 is 0. The zero-order chi connectivity index (χ0) is 27.7. The van der Waals surface area contributed by atoms with Gasteiger partial charge < -0.3 is 24.2 Å². The minimum atomic E-state index is -0.520. The highest BCUT2D eigenvalue weighted by molar-refractivity contribution is 5.95. The highest BCUT2D eigenvalue weighted by Crippen LogP contribution is 2.35. The van der Waals surface area contributed by atoms with Crippen LogP contribution in [0.3, 0.4) is 0 Å². The number of carbonyl (C=O) groups excluding carboxylic acids is 2. The lowest BCUT2D eigenvalue weighted by Crippen LogP contribution is -2.49. The summed E-state index contributed by atoms with van der Waals surface area (Å²) in [5.41, 5.74) is 1.94. The van der Waals surface area contributed by atoms with Gasteiger partial charge in [0.1, 0.15) is 11.4 Å². The molecule has 2 aliphatic heterocycles. The van der Waals surface area contributed by atoms with Crippen molar-refractivity contribution in [3.8, 4) is 5.75 Å². The zero-order valence-electron chi connectivity index (χ0n) is 24.0. The van der Waals surface area contributed by atoms with Gasteiger partial charge in [0.25, 0.3) is 5.91 Å². The minimum absolute atomic E-state index is 0.0322. The van der Waals surface area contributed by atoms with E-state index in [1.807, 2.05) is 48.6 Å². The van der Waals surface area contributed by atoms with Gasteiger partial charge in [-0.05, 0) is 66.5 Å². The van der Waals surface area contributed by atoms with E-state index >= 15 is 0 Å². The molecule has 2 aliphatic rings. The Labute approximate surface area is 226 Å². The molecule has 0 aliphatic carbocycles. The molecule has 1 aromatic heterocycles. The number of piperidine rings is 1. The maximum Gasteiger partial charge on any atom is 0.410 e. The van der Waals surface area contributed by atoms with E-state index < -0.39 is 5.60 Å². The number of likely N-dealkylation sites (tertiary alicyclic amines) is 1. The molecule has 0 unspecified atom stereocenters. The Balaban J connectivity index is 1.49. The first-order valence-corrected chi connectivity index (χ1v) is 13.6. The van der Waals surface area contributed by atoms with Crippen LogP contribution in [0.25, 0.3) is 0 Å². The number of aromatic nitrogens is 2. The number of rotatable bonds is 4. The lowest BCUT2D eigenvalue weighted by Gasteiger charge is -2.37. The van der Waals surface area contributed by atoms with Crippen LogP contribution in [0.1, 0.15) is 76.4 Å². The average Bonchev–Trinajstić information content (AvgIpc) is 3.33. The van der Waals surface area contributed by atoms with Crippen LogP contribution >= 0.6 is 0 Å². The summed E-state index contributed by atoms with van der Waals surface area (Å²) in [5.74, 6) is 1.02. The molecule has 0 spiro atoms. The van der Waals surface area contributed by atoms with Crippen LogP contribution < -0.4 is 9.64 Å². The van der Waals surface area contributed by atoms with E-state index in [1.54, 1.807) is 18.2 Å². The van der Waals surface area contributed by atoms with Gasteiger partial charge in [0, 0.05) is 45.2 Å². The molecule has 38 heavy (non-hydrogen) atoms. The summed E-state index contributed by atoms with van der Waals surface area (Å²) in [6.07, 6.45) is 3.01.